The third-order valence-corrected chi connectivity index (χ3v) is 8.30. The number of anilines is 1. The first-order chi connectivity index (χ1) is 15.0. The SMILES string of the molecule is O=C(CN(c1ccc2c(c1)OCCO2)S(=O)(=O)c1ccccc1)N[C@@H]1C[C@H]2CC[C@@H]1C2. The number of ether oxygens (including phenoxy) is 2. The van der Waals surface area contributed by atoms with E-state index in [1.807, 2.05) is 0 Å². The van der Waals surface area contributed by atoms with Gasteiger partial charge in [0, 0.05) is 12.1 Å². The summed E-state index contributed by atoms with van der Waals surface area (Å²) in [7, 11) is -3.94. The number of carbonyl (C=O) groups is 1. The highest BCUT2D eigenvalue weighted by atomic mass is 32.2. The van der Waals surface area contributed by atoms with Crippen LogP contribution in [0.1, 0.15) is 25.7 Å². The Bertz CT molecular complexity index is 1070. The Morgan fingerprint density at radius 1 is 1.00 bits per heavy atom. The van der Waals surface area contributed by atoms with E-state index in [0.29, 0.717) is 42.2 Å². The zero-order valence-corrected chi connectivity index (χ0v) is 18.0. The second kappa shape index (κ2) is 8.07. The molecule has 31 heavy (non-hydrogen) atoms. The van der Waals surface area contributed by atoms with E-state index in [9.17, 15) is 13.2 Å². The van der Waals surface area contributed by atoms with Crippen molar-refractivity contribution in [3.8, 4) is 11.5 Å². The van der Waals surface area contributed by atoms with Crippen molar-refractivity contribution in [2.75, 3.05) is 24.1 Å². The van der Waals surface area contributed by atoms with Gasteiger partial charge in [0.15, 0.2) is 11.5 Å². The van der Waals surface area contributed by atoms with E-state index in [1.165, 1.54) is 25.0 Å². The maximum absolute atomic E-state index is 13.5. The molecule has 164 valence electrons. The van der Waals surface area contributed by atoms with Gasteiger partial charge in [-0.3, -0.25) is 9.10 Å². The van der Waals surface area contributed by atoms with Crippen molar-refractivity contribution >= 4 is 21.6 Å². The van der Waals surface area contributed by atoms with Gasteiger partial charge in [0.05, 0.1) is 10.6 Å². The molecular weight excluding hydrogens is 416 g/mol. The molecule has 3 atom stereocenters. The lowest BCUT2D eigenvalue weighted by Gasteiger charge is -2.28. The number of nitrogens with one attached hydrogen (secondary N) is 1. The molecule has 1 N–H and O–H groups in total. The molecule has 2 saturated carbocycles. The van der Waals surface area contributed by atoms with Crippen molar-refractivity contribution in [2.24, 2.45) is 11.8 Å². The summed E-state index contributed by atoms with van der Waals surface area (Å²) in [4.78, 5) is 13.1. The molecule has 2 aromatic carbocycles. The van der Waals surface area contributed by atoms with Crippen LogP contribution in [0.4, 0.5) is 5.69 Å². The fourth-order valence-corrected chi connectivity index (χ4v) is 6.46. The van der Waals surface area contributed by atoms with Crippen LogP contribution in [0, 0.1) is 11.8 Å². The summed E-state index contributed by atoms with van der Waals surface area (Å²) in [6.07, 6.45) is 4.54. The highest BCUT2D eigenvalue weighted by Crippen LogP contribution is 2.44. The molecule has 2 aliphatic carbocycles. The largest absolute Gasteiger partial charge is 0.486 e. The molecule has 0 spiro atoms. The van der Waals surface area contributed by atoms with E-state index in [-0.39, 0.29) is 23.4 Å². The summed E-state index contributed by atoms with van der Waals surface area (Å²) >= 11 is 0. The van der Waals surface area contributed by atoms with E-state index in [4.69, 9.17) is 9.47 Å². The predicted octanol–water partition coefficient (Wildman–Crippen LogP) is 2.96. The molecule has 5 rings (SSSR count). The predicted molar refractivity (Wildman–Crippen MR) is 116 cm³/mol. The van der Waals surface area contributed by atoms with Crippen LogP contribution in [-0.2, 0) is 14.8 Å². The van der Waals surface area contributed by atoms with Crippen LogP contribution >= 0.6 is 0 Å². The lowest BCUT2D eigenvalue weighted by Crippen LogP contribution is -2.46. The monoisotopic (exact) mass is 442 g/mol. The van der Waals surface area contributed by atoms with Crippen molar-refractivity contribution in [2.45, 2.75) is 36.6 Å². The summed E-state index contributed by atoms with van der Waals surface area (Å²) < 4.78 is 39.3. The maximum atomic E-state index is 13.5. The molecule has 2 fully saturated rings. The zero-order chi connectivity index (χ0) is 21.4. The van der Waals surface area contributed by atoms with E-state index < -0.39 is 10.0 Å². The number of hydrogen-bond acceptors (Lipinski definition) is 5. The van der Waals surface area contributed by atoms with Gasteiger partial charge in [-0.1, -0.05) is 24.6 Å². The van der Waals surface area contributed by atoms with Gasteiger partial charge in [0.2, 0.25) is 5.91 Å². The zero-order valence-electron chi connectivity index (χ0n) is 17.2. The smallest absolute Gasteiger partial charge is 0.264 e. The molecule has 1 amide bonds. The van der Waals surface area contributed by atoms with Crippen molar-refractivity contribution in [3.05, 3.63) is 48.5 Å². The van der Waals surface area contributed by atoms with Crippen LogP contribution in [0.15, 0.2) is 53.4 Å². The quantitative estimate of drug-likeness (QED) is 0.744. The number of carbonyl (C=O) groups excluding carboxylic acids is 1. The Morgan fingerprint density at radius 3 is 2.48 bits per heavy atom. The van der Waals surface area contributed by atoms with Gasteiger partial charge in [-0.25, -0.2) is 8.42 Å². The summed E-state index contributed by atoms with van der Waals surface area (Å²) in [6.45, 7) is 0.557. The molecule has 0 radical (unpaired) electrons. The normalized spacial score (nSPS) is 24.1. The highest BCUT2D eigenvalue weighted by molar-refractivity contribution is 7.92. The van der Waals surface area contributed by atoms with Crippen LogP contribution in [0.5, 0.6) is 11.5 Å². The lowest BCUT2D eigenvalue weighted by atomic mass is 9.95. The fraction of sp³-hybridized carbons (Fsp3) is 0.435. The lowest BCUT2D eigenvalue weighted by molar-refractivity contribution is -0.120. The van der Waals surface area contributed by atoms with E-state index in [1.54, 1.807) is 36.4 Å². The van der Waals surface area contributed by atoms with Crippen LogP contribution in [0.3, 0.4) is 0 Å². The topological polar surface area (TPSA) is 84.9 Å². The van der Waals surface area contributed by atoms with Gasteiger partial charge in [0.1, 0.15) is 19.8 Å². The first kappa shape index (κ1) is 20.2. The number of fused-ring (bicyclic) bond motifs is 3. The van der Waals surface area contributed by atoms with Gasteiger partial charge in [-0.05, 0) is 55.4 Å². The molecule has 0 saturated heterocycles. The highest BCUT2D eigenvalue weighted by Gasteiger charge is 2.40. The molecule has 0 aromatic heterocycles. The Morgan fingerprint density at radius 2 is 1.77 bits per heavy atom. The summed E-state index contributed by atoms with van der Waals surface area (Å²) in [5, 5.41) is 3.10. The minimum absolute atomic E-state index is 0.137. The van der Waals surface area contributed by atoms with Gasteiger partial charge >= 0.3 is 0 Å². The number of benzene rings is 2. The minimum Gasteiger partial charge on any atom is -0.486 e. The Hall–Kier alpha value is -2.74. The number of hydrogen-bond donors (Lipinski definition) is 1. The average molecular weight is 443 g/mol. The molecule has 1 heterocycles. The summed E-state index contributed by atoms with van der Waals surface area (Å²) in [5.74, 6) is 1.97. The van der Waals surface area contributed by atoms with Crippen LogP contribution in [0.2, 0.25) is 0 Å². The molecule has 2 aromatic rings. The Labute approximate surface area is 182 Å². The van der Waals surface area contributed by atoms with E-state index in [2.05, 4.69) is 5.32 Å². The van der Waals surface area contributed by atoms with Crippen LogP contribution in [0.25, 0.3) is 0 Å². The Balaban J connectivity index is 1.43. The van der Waals surface area contributed by atoms with Gasteiger partial charge in [-0.2, -0.15) is 0 Å². The first-order valence-electron chi connectivity index (χ1n) is 10.8. The second-order valence-corrected chi connectivity index (χ2v) is 10.4. The van der Waals surface area contributed by atoms with Gasteiger partial charge in [0.25, 0.3) is 10.0 Å². The third-order valence-electron chi connectivity index (χ3n) is 6.52. The second-order valence-electron chi connectivity index (χ2n) is 8.50. The number of rotatable bonds is 6. The summed E-state index contributed by atoms with van der Waals surface area (Å²) in [6, 6.07) is 13.3. The molecule has 8 heteroatoms. The maximum Gasteiger partial charge on any atom is 0.264 e. The number of sulfonamides is 1. The van der Waals surface area contributed by atoms with Crippen molar-refractivity contribution < 1.29 is 22.7 Å². The molecular formula is C23H26N2O5S. The molecule has 0 unspecified atom stereocenters. The first-order valence-corrected chi connectivity index (χ1v) is 12.2. The number of nitrogens with zero attached hydrogens (tertiary/aromatic N) is 1. The molecule has 3 aliphatic rings. The molecule has 7 nitrogen and oxygen atoms in total. The average Bonchev–Trinajstić information content (AvgIpc) is 3.41. The summed E-state index contributed by atoms with van der Waals surface area (Å²) in [5.41, 5.74) is 0.371. The fourth-order valence-electron chi connectivity index (χ4n) is 5.03. The Kier molecular flexibility index (Phi) is 5.25. The molecule has 1 aliphatic heterocycles. The minimum atomic E-state index is -3.94. The van der Waals surface area contributed by atoms with Crippen LogP contribution in [-0.4, -0.2) is 40.1 Å². The van der Waals surface area contributed by atoms with Crippen molar-refractivity contribution in [1.29, 1.82) is 0 Å². The third kappa shape index (κ3) is 3.96. The standard InChI is InChI=1S/C23H26N2O5S/c26-23(24-20-13-16-6-7-17(20)12-16)15-25(31(27,28)19-4-2-1-3-5-19)18-8-9-21-22(14-18)30-11-10-29-21/h1-5,8-9,14,16-17,20H,6-7,10-13,15H2,(H,24,26)/t16-,17+,20+/m0/s1. The van der Waals surface area contributed by atoms with Crippen molar-refractivity contribution in [1.82, 2.24) is 5.32 Å². The molecule has 2 bridgehead atoms. The van der Waals surface area contributed by atoms with Crippen molar-refractivity contribution in [3.63, 3.8) is 0 Å². The van der Waals surface area contributed by atoms with Gasteiger partial charge in [-0.15, -0.1) is 0 Å². The van der Waals surface area contributed by atoms with Crippen LogP contribution < -0.4 is 19.1 Å². The van der Waals surface area contributed by atoms with Gasteiger partial charge < -0.3 is 14.8 Å². The van der Waals surface area contributed by atoms with E-state index >= 15 is 0 Å². The van der Waals surface area contributed by atoms with E-state index in [0.717, 1.165) is 17.1 Å². The number of amides is 1.